The Kier molecular flexibility index (Phi) is 8.08. The van der Waals surface area contributed by atoms with E-state index < -0.39 is 8.80 Å². The summed E-state index contributed by atoms with van der Waals surface area (Å²) in [6.07, 6.45) is 3.39. The van der Waals surface area contributed by atoms with Crippen molar-refractivity contribution in [2.45, 2.75) is 25.3 Å². The average Bonchev–Trinajstić information content (AvgIpc) is 2.20. The molecule has 0 aromatic rings. The second kappa shape index (κ2) is 7.81. The van der Waals surface area contributed by atoms with Gasteiger partial charge in [0, 0.05) is 27.4 Å². The fourth-order valence-corrected chi connectivity index (χ4v) is 3.21. The molecule has 0 saturated heterocycles. The molecule has 0 aliphatic carbocycles. The van der Waals surface area contributed by atoms with E-state index in [0.29, 0.717) is 0 Å². The molecule has 0 radical (unpaired) electrons. The average molecular weight is 224 g/mol. The first-order valence-corrected chi connectivity index (χ1v) is 7.07. The highest BCUT2D eigenvalue weighted by Crippen LogP contribution is 2.16. The van der Waals surface area contributed by atoms with Crippen molar-refractivity contribution in [2.24, 2.45) is 0 Å². The third-order valence-corrected chi connectivity index (χ3v) is 5.22. The fourth-order valence-electron chi connectivity index (χ4n) is 1.19. The lowest BCUT2D eigenvalue weighted by atomic mass is 10.3. The summed E-state index contributed by atoms with van der Waals surface area (Å²) < 4.78 is 15.9. The molecule has 0 rings (SSSR count). The Balaban J connectivity index is 3.68. The third-order valence-electron chi connectivity index (χ3n) is 2.07. The van der Waals surface area contributed by atoms with E-state index in [4.69, 9.17) is 13.3 Å². The number of hydrogen-bond acceptors (Lipinski definition) is 4. The molecule has 0 aromatic heterocycles. The van der Waals surface area contributed by atoms with Crippen LogP contribution in [0.1, 0.15) is 19.3 Å². The lowest BCUT2D eigenvalue weighted by Gasteiger charge is -2.24. The van der Waals surface area contributed by atoms with Crippen LogP contribution in [0.25, 0.3) is 0 Å². The van der Waals surface area contributed by atoms with Crippen molar-refractivity contribution in [2.75, 3.05) is 27.1 Å². The van der Waals surface area contributed by atoms with Gasteiger partial charge in [0.05, 0.1) is 0 Å². The molecule has 0 bridgehead atoms. The summed E-state index contributed by atoms with van der Waals surface area (Å²) in [4.78, 5) is 0. The van der Waals surface area contributed by atoms with Gasteiger partial charge in [0.25, 0.3) is 0 Å². The first-order chi connectivity index (χ1) is 6.24. The molecule has 0 aromatic carbocycles. The Bertz CT molecular complexity index is 112. The van der Waals surface area contributed by atoms with E-state index in [1.807, 2.05) is 0 Å². The Morgan fingerprint density at radius 1 is 0.923 bits per heavy atom. The molecule has 5 heteroatoms. The minimum Gasteiger partial charge on any atom is -0.377 e. The number of unbranched alkanes of at least 4 members (excludes halogenated alkanes) is 2. The van der Waals surface area contributed by atoms with Gasteiger partial charge in [-0.1, -0.05) is 6.42 Å². The quantitative estimate of drug-likeness (QED) is 0.388. The van der Waals surface area contributed by atoms with Gasteiger partial charge >= 0.3 is 8.80 Å². The van der Waals surface area contributed by atoms with Crippen molar-refractivity contribution in [3.05, 3.63) is 0 Å². The summed E-state index contributed by atoms with van der Waals surface area (Å²) in [5, 5.41) is 0. The van der Waals surface area contributed by atoms with E-state index in [1.54, 1.807) is 21.3 Å². The predicted octanol–water partition coefficient (Wildman–Crippen LogP) is 1.96. The molecule has 3 nitrogen and oxygen atoms in total. The zero-order valence-corrected chi connectivity index (χ0v) is 10.6. The Labute approximate surface area is 87.5 Å². The Hall–Kier alpha value is 0.447. The topological polar surface area (TPSA) is 27.7 Å². The molecule has 0 saturated carbocycles. The summed E-state index contributed by atoms with van der Waals surface area (Å²) in [6, 6.07) is 0.893. The summed E-state index contributed by atoms with van der Waals surface area (Å²) >= 11 is 4.15. The smallest absolute Gasteiger partial charge is 0.377 e. The van der Waals surface area contributed by atoms with Crippen molar-refractivity contribution in [3.8, 4) is 0 Å². The molecule has 0 aliphatic heterocycles. The van der Waals surface area contributed by atoms with Crippen molar-refractivity contribution < 1.29 is 13.3 Å². The summed E-state index contributed by atoms with van der Waals surface area (Å²) in [7, 11) is 2.66. The van der Waals surface area contributed by atoms with E-state index in [0.717, 1.165) is 31.1 Å². The van der Waals surface area contributed by atoms with Gasteiger partial charge in [-0.3, -0.25) is 0 Å². The van der Waals surface area contributed by atoms with E-state index in [-0.39, 0.29) is 0 Å². The van der Waals surface area contributed by atoms with Crippen LogP contribution in [0.3, 0.4) is 0 Å². The van der Waals surface area contributed by atoms with Gasteiger partial charge in [-0.05, 0) is 18.6 Å². The molecule has 0 spiro atoms. The third kappa shape index (κ3) is 5.02. The van der Waals surface area contributed by atoms with Crippen LogP contribution in [-0.4, -0.2) is 35.9 Å². The summed E-state index contributed by atoms with van der Waals surface area (Å²) in [5.41, 5.74) is 0. The highest BCUT2D eigenvalue weighted by Gasteiger charge is 2.36. The van der Waals surface area contributed by atoms with Crippen molar-refractivity contribution in [3.63, 3.8) is 0 Å². The standard InChI is InChI=1S/C8H20O3SSi/c1-9-13(10-2,11-3)8-6-4-5-7-12/h12H,4-8H2,1-3H3. The van der Waals surface area contributed by atoms with Gasteiger partial charge < -0.3 is 13.3 Å². The molecule has 0 aliphatic rings. The summed E-state index contributed by atoms with van der Waals surface area (Å²) in [6.45, 7) is 0. The minimum absolute atomic E-state index is 0.893. The zero-order chi connectivity index (χ0) is 10.2. The van der Waals surface area contributed by atoms with Crippen LogP contribution in [0.2, 0.25) is 6.04 Å². The molecule has 0 heterocycles. The normalized spacial score (nSPS) is 12.0. The van der Waals surface area contributed by atoms with Gasteiger partial charge in [0.1, 0.15) is 0 Å². The number of thiol groups is 1. The molecule has 0 N–H and O–H groups in total. The maximum atomic E-state index is 5.29. The lowest BCUT2D eigenvalue weighted by Crippen LogP contribution is -2.42. The largest absolute Gasteiger partial charge is 0.500 e. The maximum absolute atomic E-state index is 5.29. The van der Waals surface area contributed by atoms with E-state index in [2.05, 4.69) is 12.6 Å². The molecule has 0 fully saturated rings. The lowest BCUT2D eigenvalue weighted by molar-refractivity contribution is 0.123. The van der Waals surface area contributed by atoms with Crippen molar-refractivity contribution >= 4 is 21.4 Å². The molecule has 0 unspecified atom stereocenters. The van der Waals surface area contributed by atoms with Crippen LogP contribution < -0.4 is 0 Å². The van der Waals surface area contributed by atoms with Gasteiger partial charge in [0.15, 0.2) is 0 Å². The Morgan fingerprint density at radius 3 is 1.85 bits per heavy atom. The monoisotopic (exact) mass is 224 g/mol. The highest BCUT2D eigenvalue weighted by atomic mass is 32.1. The predicted molar refractivity (Wildman–Crippen MR) is 59.3 cm³/mol. The molecular weight excluding hydrogens is 204 g/mol. The molecule has 13 heavy (non-hydrogen) atoms. The van der Waals surface area contributed by atoms with Gasteiger partial charge in [0.2, 0.25) is 0 Å². The molecule has 0 amide bonds. The summed E-state index contributed by atoms with van der Waals surface area (Å²) in [5.74, 6) is 0.946. The molecule has 80 valence electrons. The molecule has 0 atom stereocenters. The van der Waals surface area contributed by atoms with Gasteiger partial charge in [-0.25, -0.2) is 0 Å². The van der Waals surface area contributed by atoms with E-state index in [1.165, 1.54) is 0 Å². The van der Waals surface area contributed by atoms with Crippen LogP contribution >= 0.6 is 12.6 Å². The Morgan fingerprint density at radius 2 is 1.46 bits per heavy atom. The van der Waals surface area contributed by atoms with Crippen molar-refractivity contribution in [1.82, 2.24) is 0 Å². The van der Waals surface area contributed by atoms with Crippen LogP contribution in [0.5, 0.6) is 0 Å². The van der Waals surface area contributed by atoms with E-state index >= 15 is 0 Å². The fraction of sp³-hybridized carbons (Fsp3) is 1.00. The van der Waals surface area contributed by atoms with Crippen LogP contribution in [0.4, 0.5) is 0 Å². The zero-order valence-electron chi connectivity index (χ0n) is 8.71. The minimum atomic E-state index is -2.29. The number of rotatable bonds is 8. The van der Waals surface area contributed by atoms with Crippen molar-refractivity contribution in [1.29, 1.82) is 0 Å². The van der Waals surface area contributed by atoms with Gasteiger partial charge in [-0.2, -0.15) is 12.6 Å². The molecular formula is C8H20O3SSi. The highest BCUT2D eigenvalue weighted by molar-refractivity contribution is 7.80. The second-order valence-corrected chi connectivity index (χ2v) is 6.37. The second-order valence-electron chi connectivity index (χ2n) is 2.83. The number of hydrogen-bond donors (Lipinski definition) is 1. The first kappa shape index (κ1) is 13.4. The van der Waals surface area contributed by atoms with Gasteiger partial charge in [-0.15, -0.1) is 0 Å². The van der Waals surface area contributed by atoms with E-state index in [9.17, 15) is 0 Å². The van der Waals surface area contributed by atoms with Crippen LogP contribution in [-0.2, 0) is 13.3 Å². The van der Waals surface area contributed by atoms with Crippen LogP contribution in [0.15, 0.2) is 0 Å². The first-order valence-electron chi connectivity index (χ1n) is 4.51. The maximum Gasteiger partial charge on any atom is 0.500 e. The SMILES string of the molecule is CO[Si](CCCCCS)(OC)OC. The van der Waals surface area contributed by atoms with Crippen LogP contribution in [0, 0.1) is 0 Å².